The molecule has 8 heteroatoms. The number of anilines is 2. The maximum absolute atomic E-state index is 13.6. The van der Waals surface area contributed by atoms with Gasteiger partial charge in [-0.1, -0.05) is 66.0 Å². The van der Waals surface area contributed by atoms with E-state index in [1.807, 2.05) is 84.2 Å². The Hall–Kier alpha value is -3.33. The number of hydrogen-bond acceptors (Lipinski definition) is 6. The number of amides is 1. The van der Waals surface area contributed by atoms with Crippen LogP contribution in [0.15, 0.2) is 110 Å². The summed E-state index contributed by atoms with van der Waals surface area (Å²) in [6, 6.07) is 27.1. The number of nitrogens with zero attached hydrogens (tertiary/aromatic N) is 3. The molecule has 3 heterocycles. The van der Waals surface area contributed by atoms with Crippen molar-refractivity contribution in [2.45, 2.75) is 14.9 Å². The largest absolute Gasteiger partial charge is 0.278 e. The van der Waals surface area contributed by atoms with Crippen LogP contribution in [0.5, 0.6) is 0 Å². The Morgan fingerprint density at radius 1 is 0.853 bits per heavy atom. The van der Waals surface area contributed by atoms with E-state index >= 15 is 0 Å². The van der Waals surface area contributed by atoms with E-state index in [4.69, 9.17) is 4.98 Å². The van der Waals surface area contributed by atoms with Crippen LogP contribution in [0.1, 0.15) is 0 Å². The summed E-state index contributed by atoms with van der Waals surface area (Å²) in [5.74, 6) is 0.0778. The highest BCUT2D eigenvalue weighted by Crippen LogP contribution is 2.48. The third-order valence-corrected chi connectivity index (χ3v) is 8.35. The lowest BCUT2D eigenvalue weighted by Crippen LogP contribution is -2.30. The van der Waals surface area contributed by atoms with Crippen molar-refractivity contribution < 1.29 is 4.79 Å². The van der Waals surface area contributed by atoms with Crippen molar-refractivity contribution in [2.75, 3.05) is 10.7 Å². The molecule has 0 saturated heterocycles. The molecule has 1 aliphatic heterocycles. The first-order valence-electron chi connectivity index (χ1n) is 10.6. The van der Waals surface area contributed by atoms with Gasteiger partial charge in [0.15, 0.2) is 5.16 Å². The topological polar surface area (TPSA) is 55.2 Å². The number of hydrogen-bond donors (Lipinski definition) is 0. The summed E-state index contributed by atoms with van der Waals surface area (Å²) < 4.78 is 1.60. The lowest BCUT2D eigenvalue weighted by atomic mass is 10.2. The van der Waals surface area contributed by atoms with Gasteiger partial charge in [0.25, 0.3) is 5.56 Å². The lowest BCUT2D eigenvalue weighted by Gasteiger charge is -2.31. The number of fused-ring (bicyclic) bond motifs is 3. The summed E-state index contributed by atoms with van der Waals surface area (Å²) in [5.41, 5.74) is 2.35. The molecule has 0 atom stereocenters. The summed E-state index contributed by atoms with van der Waals surface area (Å²) >= 11 is 4.38. The van der Waals surface area contributed by atoms with E-state index in [9.17, 15) is 9.59 Å². The van der Waals surface area contributed by atoms with Crippen LogP contribution in [0.2, 0.25) is 0 Å². The molecule has 3 aromatic carbocycles. The molecule has 0 saturated carbocycles. The predicted molar refractivity (Wildman–Crippen MR) is 140 cm³/mol. The number of thiophene rings is 1. The van der Waals surface area contributed by atoms with Gasteiger partial charge in [0.1, 0.15) is 4.83 Å². The van der Waals surface area contributed by atoms with Gasteiger partial charge in [0, 0.05) is 9.79 Å². The first kappa shape index (κ1) is 21.2. The van der Waals surface area contributed by atoms with Gasteiger partial charge in [0.05, 0.1) is 28.2 Å². The zero-order chi connectivity index (χ0) is 23.1. The Morgan fingerprint density at radius 2 is 1.50 bits per heavy atom. The normalized spacial score (nSPS) is 12.4. The molecule has 0 N–H and O–H groups in total. The van der Waals surface area contributed by atoms with Crippen molar-refractivity contribution in [3.8, 4) is 5.69 Å². The predicted octanol–water partition coefficient (Wildman–Crippen LogP) is 6.37. The zero-order valence-corrected chi connectivity index (χ0v) is 20.2. The molecular formula is C26H17N3O2S3. The van der Waals surface area contributed by atoms with E-state index in [0.29, 0.717) is 15.4 Å². The van der Waals surface area contributed by atoms with Crippen molar-refractivity contribution in [1.82, 2.24) is 9.55 Å². The molecular weight excluding hydrogens is 483 g/mol. The molecule has 0 bridgehead atoms. The highest BCUT2D eigenvalue weighted by molar-refractivity contribution is 8.00. The van der Waals surface area contributed by atoms with Crippen LogP contribution >= 0.6 is 34.9 Å². The molecule has 1 aliphatic rings. The number of thioether (sulfide) groups is 1. The highest BCUT2D eigenvalue weighted by Gasteiger charge is 2.28. The second-order valence-electron chi connectivity index (χ2n) is 7.57. The van der Waals surface area contributed by atoms with Crippen molar-refractivity contribution in [3.05, 3.63) is 101 Å². The van der Waals surface area contributed by atoms with Crippen LogP contribution in [0.4, 0.5) is 11.4 Å². The van der Waals surface area contributed by atoms with E-state index < -0.39 is 0 Å². The number of rotatable bonds is 4. The summed E-state index contributed by atoms with van der Waals surface area (Å²) in [5, 5.41) is 2.96. The van der Waals surface area contributed by atoms with Gasteiger partial charge >= 0.3 is 0 Å². The first-order chi connectivity index (χ1) is 16.7. The molecule has 34 heavy (non-hydrogen) atoms. The molecule has 2 aromatic heterocycles. The van der Waals surface area contributed by atoms with Gasteiger partial charge in [-0.2, -0.15) is 0 Å². The van der Waals surface area contributed by atoms with E-state index in [-0.39, 0.29) is 17.2 Å². The van der Waals surface area contributed by atoms with Crippen LogP contribution in [0, 0.1) is 0 Å². The van der Waals surface area contributed by atoms with Crippen molar-refractivity contribution >= 4 is 62.4 Å². The molecule has 0 fully saturated rings. The SMILES string of the molecule is O=C(CSc1nc2sccc2c(=O)n1-c1ccccc1)N1c2ccccc2Sc2ccccc21. The molecule has 5 nitrogen and oxygen atoms in total. The Morgan fingerprint density at radius 3 is 2.21 bits per heavy atom. The minimum Gasteiger partial charge on any atom is -0.278 e. The maximum atomic E-state index is 13.6. The fourth-order valence-corrected chi connectivity index (χ4v) is 6.69. The number of carbonyl (C=O) groups excluding carboxylic acids is 1. The molecule has 0 radical (unpaired) electrons. The molecule has 6 rings (SSSR count). The lowest BCUT2D eigenvalue weighted by molar-refractivity contribution is -0.115. The van der Waals surface area contributed by atoms with Crippen LogP contribution in [0.25, 0.3) is 15.9 Å². The minimum absolute atomic E-state index is 0.0645. The molecule has 0 spiro atoms. The number of benzene rings is 3. The Labute approximate surface area is 208 Å². The standard InChI is InChI=1S/C26H17N3O2S3/c30-23(29-19-10-4-6-12-21(19)34-22-13-7-5-11-20(22)29)16-33-26-27-24-18(14-15-32-24)25(31)28(26)17-8-2-1-3-9-17/h1-15H,16H2. The Kier molecular flexibility index (Phi) is 5.49. The van der Waals surface area contributed by atoms with Crippen molar-refractivity contribution in [1.29, 1.82) is 0 Å². The quantitative estimate of drug-likeness (QED) is 0.212. The molecule has 166 valence electrons. The smallest absolute Gasteiger partial charge is 0.267 e. The zero-order valence-electron chi connectivity index (χ0n) is 17.8. The van der Waals surface area contributed by atoms with Crippen LogP contribution in [0.3, 0.4) is 0 Å². The fraction of sp³-hybridized carbons (Fsp3) is 0.0385. The third-order valence-electron chi connectivity index (χ3n) is 5.49. The Bertz CT molecular complexity index is 1550. The summed E-state index contributed by atoms with van der Waals surface area (Å²) in [6.07, 6.45) is 0. The van der Waals surface area contributed by atoms with E-state index in [0.717, 1.165) is 26.9 Å². The van der Waals surface area contributed by atoms with Gasteiger partial charge in [-0.15, -0.1) is 11.3 Å². The minimum atomic E-state index is -0.127. The summed E-state index contributed by atoms with van der Waals surface area (Å²) in [4.78, 5) is 36.2. The first-order valence-corrected chi connectivity index (χ1v) is 13.3. The van der Waals surface area contributed by atoms with Crippen molar-refractivity contribution in [3.63, 3.8) is 0 Å². The molecule has 5 aromatic rings. The van der Waals surface area contributed by atoms with E-state index in [1.54, 1.807) is 27.3 Å². The number of para-hydroxylation sites is 3. The monoisotopic (exact) mass is 499 g/mol. The molecule has 0 unspecified atom stereocenters. The average Bonchev–Trinajstić information content (AvgIpc) is 3.35. The Balaban J connectivity index is 1.39. The number of carbonyl (C=O) groups is 1. The molecule has 0 aliphatic carbocycles. The second kappa shape index (κ2) is 8.79. The fourth-order valence-electron chi connectivity index (χ4n) is 3.96. The van der Waals surface area contributed by atoms with Crippen LogP contribution in [-0.4, -0.2) is 21.2 Å². The summed E-state index contributed by atoms with van der Waals surface area (Å²) in [7, 11) is 0. The van der Waals surface area contributed by atoms with Crippen LogP contribution in [-0.2, 0) is 4.79 Å². The third kappa shape index (κ3) is 3.64. The average molecular weight is 500 g/mol. The van der Waals surface area contributed by atoms with Gasteiger partial charge in [-0.3, -0.25) is 19.1 Å². The van der Waals surface area contributed by atoms with Gasteiger partial charge in [0.2, 0.25) is 5.91 Å². The maximum Gasteiger partial charge on any atom is 0.267 e. The van der Waals surface area contributed by atoms with Gasteiger partial charge in [-0.05, 0) is 47.8 Å². The van der Waals surface area contributed by atoms with E-state index in [1.165, 1.54) is 23.1 Å². The number of aromatic nitrogens is 2. The molecule has 1 amide bonds. The van der Waals surface area contributed by atoms with Crippen LogP contribution < -0.4 is 10.5 Å². The highest BCUT2D eigenvalue weighted by atomic mass is 32.2. The van der Waals surface area contributed by atoms with E-state index in [2.05, 4.69) is 0 Å². The van der Waals surface area contributed by atoms with Gasteiger partial charge in [-0.25, -0.2) is 4.98 Å². The van der Waals surface area contributed by atoms with Crippen molar-refractivity contribution in [2.24, 2.45) is 0 Å². The summed E-state index contributed by atoms with van der Waals surface area (Å²) in [6.45, 7) is 0. The second-order valence-corrected chi connectivity index (χ2v) is 10.5. The van der Waals surface area contributed by atoms with Gasteiger partial charge < -0.3 is 0 Å².